The SMILES string of the molecule is COc1cc([C@@H]2NC(=O)NC(C(C)(C)C)=C2C#N)ccc1OCc1c(Cl)cccc1Cl. The lowest BCUT2D eigenvalue weighted by Crippen LogP contribution is -2.46. The summed E-state index contributed by atoms with van der Waals surface area (Å²) in [5, 5.41) is 16.4. The number of halogens is 2. The average Bonchev–Trinajstić information content (AvgIpc) is 2.72. The Morgan fingerprint density at radius 2 is 1.81 bits per heavy atom. The monoisotopic (exact) mass is 459 g/mol. The minimum atomic E-state index is -0.603. The largest absolute Gasteiger partial charge is 0.493 e. The highest BCUT2D eigenvalue weighted by atomic mass is 35.5. The molecule has 0 bridgehead atoms. The smallest absolute Gasteiger partial charge is 0.319 e. The fourth-order valence-electron chi connectivity index (χ4n) is 3.33. The number of benzene rings is 2. The first-order valence-corrected chi connectivity index (χ1v) is 10.4. The summed E-state index contributed by atoms with van der Waals surface area (Å²) >= 11 is 12.4. The van der Waals surface area contributed by atoms with E-state index in [2.05, 4.69) is 16.7 Å². The molecular formula is C23H23Cl2N3O3. The molecule has 2 amide bonds. The molecule has 0 aliphatic carbocycles. The number of nitrogens with one attached hydrogen (secondary N) is 2. The van der Waals surface area contributed by atoms with Gasteiger partial charge >= 0.3 is 6.03 Å². The van der Waals surface area contributed by atoms with Crippen molar-refractivity contribution in [3.05, 3.63) is 68.8 Å². The van der Waals surface area contributed by atoms with Crippen LogP contribution in [0.25, 0.3) is 0 Å². The quantitative estimate of drug-likeness (QED) is 0.595. The van der Waals surface area contributed by atoms with Crippen LogP contribution in [0.3, 0.4) is 0 Å². The molecule has 1 heterocycles. The molecule has 0 radical (unpaired) electrons. The summed E-state index contributed by atoms with van der Waals surface area (Å²) in [6.07, 6.45) is 0. The van der Waals surface area contributed by atoms with E-state index in [1.54, 1.807) is 36.4 Å². The van der Waals surface area contributed by atoms with E-state index >= 15 is 0 Å². The van der Waals surface area contributed by atoms with Crippen LogP contribution in [0, 0.1) is 16.7 Å². The Labute approximate surface area is 191 Å². The lowest BCUT2D eigenvalue weighted by Gasteiger charge is -2.33. The molecule has 0 unspecified atom stereocenters. The Hall–Kier alpha value is -2.88. The van der Waals surface area contributed by atoms with Crippen LogP contribution in [-0.4, -0.2) is 13.1 Å². The maximum absolute atomic E-state index is 12.3. The molecule has 1 aliphatic rings. The normalized spacial score (nSPS) is 16.3. The summed E-state index contributed by atoms with van der Waals surface area (Å²) in [4.78, 5) is 12.3. The maximum Gasteiger partial charge on any atom is 0.319 e. The second kappa shape index (κ2) is 9.09. The number of hydrogen-bond acceptors (Lipinski definition) is 4. The topological polar surface area (TPSA) is 83.4 Å². The number of hydrogen-bond donors (Lipinski definition) is 2. The Balaban J connectivity index is 1.94. The van der Waals surface area contributed by atoms with E-state index in [0.29, 0.717) is 43.9 Å². The minimum absolute atomic E-state index is 0.163. The number of carbonyl (C=O) groups is 1. The molecule has 3 rings (SSSR count). The van der Waals surface area contributed by atoms with Gasteiger partial charge in [-0.1, -0.05) is 56.1 Å². The molecule has 0 saturated carbocycles. The molecule has 1 atom stereocenters. The number of methoxy groups -OCH3 is 1. The van der Waals surface area contributed by atoms with Crippen molar-refractivity contribution >= 4 is 29.2 Å². The Morgan fingerprint density at radius 1 is 1.13 bits per heavy atom. The van der Waals surface area contributed by atoms with Gasteiger partial charge in [-0.25, -0.2) is 4.79 Å². The average molecular weight is 460 g/mol. The molecule has 162 valence electrons. The number of rotatable bonds is 5. The van der Waals surface area contributed by atoms with Crippen LogP contribution in [0.5, 0.6) is 11.5 Å². The van der Waals surface area contributed by atoms with Gasteiger partial charge in [-0.15, -0.1) is 0 Å². The maximum atomic E-state index is 12.3. The lowest BCUT2D eigenvalue weighted by molar-refractivity contribution is 0.235. The second-order valence-corrected chi connectivity index (χ2v) is 8.90. The molecule has 1 aliphatic heterocycles. The van der Waals surface area contributed by atoms with Gasteiger partial charge in [0.1, 0.15) is 6.61 Å². The molecule has 0 spiro atoms. The van der Waals surface area contributed by atoms with E-state index in [-0.39, 0.29) is 12.6 Å². The third-order valence-corrected chi connectivity index (χ3v) is 5.61. The number of amides is 2. The Bertz CT molecular complexity index is 1060. The predicted octanol–water partition coefficient (Wildman–Crippen LogP) is 5.76. The third-order valence-electron chi connectivity index (χ3n) is 4.90. The summed E-state index contributed by atoms with van der Waals surface area (Å²) in [7, 11) is 1.52. The van der Waals surface area contributed by atoms with Gasteiger partial charge in [0.2, 0.25) is 0 Å². The fourth-order valence-corrected chi connectivity index (χ4v) is 3.84. The number of nitriles is 1. The molecule has 6 nitrogen and oxygen atoms in total. The first-order chi connectivity index (χ1) is 14.7. The van der Waals surface area contributed by atoms with Gasteiger partial charge in [-0.3, -0.25) is 0 Å². The van der Waals surface area contributed by atoms with E-state index < -0.39 is 11.5 Å². The summed E-state index contributed by atoms with van der Waals surface area (Å²) in [5.74, 6) is 0.948. The Morgan fingerprint density at radius 3 is 2.39 bits per heavy atom. The van der Waals surface area contributed by atoms with Crippen molar-refractivity contribution in [1.29, 1.82) is 5.26 Å². The molecule has 8 heteroatoms. The first kappa shape index (κ1) is 22.8. The van der Waals surface area contributed by atoms with Crippen LogP contribution in [0.2, 0.25) is 10.0 Å². The van der Waals surface area contributed by atoms with Crippen LogP contribution < -0.4 is 20.1 Å². The van der Waals surface area contributed by atoms with E-state index in [1.807, 2.05) is 20.8 Å². The zero-order valence-corrected chi connectivity index (χ0v) is 19.2. The molecule has 0 saturated heterocycles. The van der Waals surface area contributed by atoms with Crippen molar-refractivity contribution in [3.8, 4) is 17.6 Å². The molecule has 2 N–H and O–H groups in total. The molecule has 31 heavy (non-hydrogen) atoms. The standard InChI is InChI=1S/C23H23Cl2N3O3/c1-23(2,3)21-14(11-26)20(27-22(29)28-21)13-8-9-18(19(10-13)30-4)31-12-15-16(24)6-5-7-17(15)25/h5-10,20H,12H2,1-4H3,(H2,27,28,29)/t20-/m0/s1. The molecule has 0 aromatic heterocycles. The van der Waals surface area contributed by atoms with Crippen molar-refractivity contribution in [2.45, 2.75) is 33.4 Å². The van der Waals surface area contributed by atoms with Crippen LogP contribution in [0.4, 0.5) is 4.79 Å². The zero-order valence-electron chi connectivity index (χ0n) is 17.7. The van der Waals surface area contributed by atoms with Crippen LogP contribution in [0.1, 0.15) is 37.9 Å². The van der Waals surface area contributed by atoms with Crippen molar-refractivity contribution in [1.82, 2.24) is 10.6 Å². The van der Waals surface area contributed by atoms with Gasteiger partial charge in [0, 0.05) is 26.7 Å². The van der Waals surface area contributed by atoms with Gasteiger partial charge in [0.05, 0.1) is 24.8 Å². The van der Waals surface area contributed by atoms with Crippen LogP contribution >= 0.6 is 23.2 Å². The Kier molecular flexibility index (Phi) is 6.68. The lowest BCUT2D eigenvalue weighted by atomic mass is 9.84. The van der Waals surface area contributed by atoms with Gasteiger partial charge in [-0.2, -0.15) is 5.26 Å². The van der Waals surface area contributed by atoms with Crippen molar-refractivity contribution in [2.24, 2.45) is 5.41 Å². The summed E-state index contributed by atoms with van der Waals surface area (Å²) in [6.45, 7) is 5.99. The molecule has 2 aromatic rings. The number of nitrogens with zero attached hydrogens (tertiary/aromatic N) is 1. The number of ether oxygens (including phenoxy) is 2. The van der Waals surface area contributed by atoms with Gasteiger partial charge in [-0.05, 0) is 29.8 Å². The van der Waals surface area contributed by atoms with Crippen molar-refractivity contribution in [3.63, 3.8) is 0 Å². The van der Waals surface area contributed by atoms with Crippen molar-refractivity contribution in [2.75, 3.05) is 7.11 Å². The highest BCUT2D eigenvalue weighted by Gasteiger charge is 2.34. The van der Waals surface area contributed by atoms with Gasteiger partial charge < -0.3 is 20.1 Å². The number of allylic oxidation sites excluding steroid dienone is 1. The first-order valence-electron chi connectivity index (χ1n) is 9.61. The number of carbonyl (C=O) groups excluding carboxylic acids is 1. The summed E-state index contributed by atoms with van der Waals surface area (Å²) in [5.41, 5.74) is 2.02. The highest BCUT2D eigenvalue weighted by Crippen LogP contribution is 2.38. The van der Waals surface area contributed by atoms with Gasteiger partial charge in [0.15, 0.2) is 11.5 Å². The van der Waals surface area contributed by atoms with Crippen molar-refractivity contribution < 1.29 is 14.3 Å². The van der Waals surface area contributed by atoms with E-state index in [4.69, 9.17) is 32.7 Å². The summed E-state index contributed by atoms with van der Waals surface area (Å²) < 4.78 is 11.4. The minimum Gasteiger partial charge on any atom is -0.493 e. The van der Waals surface area contributed by atoms with Gasteiger partial charge in [0.25, 0.3) is 0 Å². The van der Waals surface area contributed by atoms with E-state index in [1.165, 1.54) is 7.11 Å². The molecule has 0 fully saturated rings. The second-order valence-electron chi connectivity index (χ2n) is 8.08. The fraction of sp³-hybridized carbons (Fsp3) is 0.304. The number of urea groups is 1. The molecule has 2 aromatic carbocycles. The zero-order chi connectivity index (χ0) is 22.8. The summed E-state index contributed by atoms with van der Waals surface area (Å²) in [6, 6.07) is 11.8. The van der Waals surface area contributed by atoms with E-state index in [0.717, 1.165) is 0 Å². The van der Waals surface area contributed by atoms with Crippen LogP contribution in [0.15, 0.2) is 47.7 Å². The van der Waals surface area contributed by atoms with Crippen LogP contribution in [-0.2, 0) is 6.61 Å². The van der Waals surface area contributed by atoms with E-state index in [9.17, 15) is 10.1 Å². The molecular weight excluding hydrogens is 437 g/mol. The highest BCUT2D eigenvalue weighted by molar-refractivity contribution is 6.35. The predicted molar refractivity (Wildman–Crippen MR) is 120 cm³/mol. The third kappa shape index (κ3) is 4.90.